The second-order valence-electron chi connectivity index (χ2n) is 7.18. The Hall–Kier alpha value is -2.66. The molecule has 1 amide bonds. The summed E-state index contributed by atoms with van der Waals surface area (Å²) in [6.07, 6.45) is -0.788. The van der Waals surface area contributed by atoms with Crippen LogP contribution in [0.4, 0.5) is 18.9 Å². The van der Waals surface area contributed by atoms with Crippen molar-refractivity contribution in [2.24, 2.45) is 0 Å². The molecule has 0 spiro atoms. The number of aryl methyl sites for hydroxylation is 1. The number of pyridine rings is 1. The Morgan fingerprint density at radius 2 is 1.87 bits per heavy atom. The first-order chi connectivity index (χ1) is 14.6. The first-order valence-electron chi connectivity index (χ1n) is 9.64. The van der Waals surface area contributed by atoms with Gasteiger partial charge in [0.15, 0.2) is 6.61 Å². The number of halogens is 3. The third-order valence-corrected chi connectivity index (χ3v) is 6.69. The number of aromatic nitrogens is 1. The van der Waals surface area contributed by atoms with Crippen LogP contribution in [0.25, 0.3) is 0 Å². The average Bonchev–Trinajstić information content (AvgIpc) is 2.74. The van der Waals surface area contributed by atoms with E-state index in [0.29, 0.717) is 24.3 Å². The molecule has 1 N–H and O–H groups in total. The number of rotatable bonds is 6. The summed E-state index contributed by atoms with van der Waals surface area (Å²) in [4.78, 5) is 16.3. The average molecular weight is 457 g/mol. The zero-order valence-electron chi connectivity index (χ0n) is 16.8. The maximum Gasteiger partial charge on any atom is 0.422 e. The molecule has 1 aliphatic heterocycles. The first-order valence-corrected chi connectivity index (χ1v) is 11.1. The number of ether oxygens (including phenoxy) is 1. The quantitative estimate of drug-likeness (QED) is 0.714. The third-order valence-electron chi connectivity index (χ3n) is 4.79. The van der Waals surface area contributed by atoms with E-state index in [4.69, 9.17) is 0 Å². The van der Waals surface area contributed by atoms with Gasteiger partial charge in [-0.25, -0.2) is 13.4 Å². The van der Waals surface area contributed by atoms with Crippen molar-refractivity contribution in [2.45, 2.75) is 37.3 Å². The number of nitrogens with zero attached hydrogens (tertiary/aromatic N) is 2. The van der Waals surface area contributed by atoms with Gasteiger partial charge in [0, 0.05) is 31.0 Å². The summed E-state index contributed by atoms with van der Waals surface area (Å²) in [7, 11) is -3.66. The van der Waals surface area contributed by atoms with Crippen LogP contribution in [0.5, 0.6) is 5.88 Å². The number of hydrogen-bond donors (Lipinski definition) is 1. The van der Waals surface area contributed by atoms with Gasteiger partial charge in [-0.05, 0) is 43.5 Å². The van der Waals surface area contributed by atoms with E-state index in [1.165, 1.54) is 22.5 Å². The lowest BCUT2D eigenvalue weighted by Crippen LogP contribution is -2.35. The Morgan fingerprint density at radius 3 is 2.48 bits per heavy atom. The van der Waals surface area contributed by atoms with E-state index in [1.807, 2.05) is 0 Å². The molecule has 0 bridgehead atoms. The summed E-state index contributed by atoms with van der Waals surface area (Å²) in [5.41, 5.74) is 1.06. The molecule has 1 aromatic heterocycles. The van der Waals surface area contributed by atoms with Crippen LogP contribution < -0.4 is 10.1 Å². The number of sulfonamides is 1. The maximum atomic E-state index is 12.9. The second-order valence-corrected chi connectivity index (χ2v) is 9.12. The van der Waals surface area contributed by atoms with Crippen LogP contribution in [-0.4, -0.2) is 49.5 Å². The van der Waals surface area contributed by atoms with E-state index in [0.717, 1.165) is 31.5 Å². The molecule has 0 radical (unpaired) electrons. The van der Waals surface area contributed by atoms with Gasteiger partial charge >= 0.3 is 6.18 Å². The highest BCUT2D eigenvalue weighted by atomic mass is 32.2. The predicted octanol–water partition coefficient (Wildman–Crippen LogP) is 3.76. The summed E-state index contributed by atoms with van der Waals surface area (Å²) in [6.45, 7) is 1.17. The van der Waals surface area contributed by atoms with E-state index in [-0.39, 0.29) is 16.3 Å². The molecule has 0 saturated carbocycles. The van der Waals surface area contributed by atoms with Crippen molar-refractivity contribution < 1.29 is 31.1 Å². The van der Waals surface area contributed by atoms with E-state index >= 15 is 0 Å². The van der Waals surface area contributed by atoms with Crippen LogP contribution in [0.15, 0.2) is 41.4 Å². The molecule has 0 unspecified atom stereocenters. The van der Waals surface area contributed by atoms with Gasteiger partial charge in [-0.3, -0.25) is 4.79 Å². The van der Waals surface area contributed by atoms with Gasteiger partial charge in [0.25, 0.3) is 5.91 Å². The number of piperidine rings is 1. The van der Waals surface area contributed by atoms with Crippen LogP contribution in [0.3, 0.4) is 0 Å². The Balaban J connectivity index is 1.73. The minimum Gasteiger partial charge on any atom is -0.468 e. The van der Waals surface area contributed by atoms with Crippen LogP contribution in [0.1, 0.15) is 35.2 Å². The van der Waals surface area contributed by atoms with Crippen LogP contribution in [0, 0.1) is 6.92 Å². The zero-order chi connectivity index (χ0) is 22.6. The molecule has 1 aliphatic rings. The largest absolute Gasteiger partial charge is 0.468 e. The second kappa shape index (κ2) is 9.23. The van der Waals surface area contributed by atoms with Crippen LogP contribution in [-0.2, 0) is 10.0 Å². The van der Waals surface area contributed by atoms with Gasteiger partial charge in [0.05, 0.1) is 10.5 Å². The Bertz CT molecular complexity index is 1030. The molecule has 1 aromatic carbocycles. The zero-order valence-corrected chi connectivity index (χ0v) is 17.6. The molecule has 3 rings (SSSR count). The molecule has 0 aliphatic carbocycles. The first kappa shape index (κ1) is 23.0. The van der Waals surface area contributed by atoms with Gasteiger partial charge in [0.2, 0.25) is 15.9 Å². The summed E-state index contributed by atoms with van der Waals surface area (Å²) in [6, 6.07) is 6.95. The van der Waals surface area contributed by atoms with Crippen LogP contribution >= 0.6 is 0 Å². The van der Waals surface area contributed by atoms with Crippen molar-refractivity contribution in [1.29, 1.82) is 0 Å². The van der Waals surface area contributed by atoms with Crippen molar-refractivity contribution in [3.8, 4) is 5.88 Å². The van der Waals surface area contributed by atoms with Gasteiger partial charge in [-0.1, -0.05) is 12.5 Å². The van der Waals surface area contributed by atoms with Gasteiger partial charge < -0.3 is 10.1 Å². The fourth-order valence-corrected chi connectivity index (χ4v) is 4.64. The van der Waals surface area contributed by atoms with Crippen molar-refractivity contribution in [3.63, 3.8) is 0 Å². The Labute approximate surface area is 178 Å². The minimum absolute atomic E-state index is 0.0862. The number of anilines is 1. The maximum absolute atomic E-state index is 12.9. The van der Waals surface area contributed by atoms with E-state index in [2.05, 4.69) is 15.0 Å². The number of nitrogens with one attached hydrogen (secondary N) is 1. The highest BCUT2D eigenvalue weighted by Gasteiger charge is 2.29. The number of hydrogen-bond acceptors (Lipinski definition) is 5. The van der Waals surface area contributed by atoms with Crippen LogP contribution in [0.2, 0.25) is 0 Å². The smallest absolute Gasteiger partial charge is 0.422 e. The standard InChI is InChI=1S/C20H22F3N3O4S/c1-14-5-7-16(31(28,29)26-9-3-2-4-10-26)11-17(14)25-19(27)15-6-8-18(24-12-15)30-13-20(21,22)23/h5-8,11-12H,2-4,9-10,13H2,1H3,(H,25,27). The monoisotopic (exact) mass is 457 g/mol. The molecule has 0 atom stereocenters. The summed E-state index contributed by atoms with van der Waals surface area (Å²) in [5, 5.41) is 2.63. The fourth-order valence-electron chi connectivity index (χ4n) is 3.10. The number of carbonyl (C=O) groups is 1. The fraction of sp³-hybridized carbons (Fsp3) is 0.400. The van der Waals surface area contributed by atoms with Crippen molar-refractivity contribution in [1.82, 2.24) is 9.29 Å². The number of amides is 1. The van der Waals surface area contributed by atoms with Gasteiger partial charge in [-0.2, -0.15) is 17.5 Å². The highest BCUT2D eigenvalue weighted by Crippen LogP contribution is 2.26. The molecule has 7 nitrogen and oxygen atoms in total. The van der Waals surface area contributed by atoms with Crippen molar-refractivity contribution in [2.75, 3.05) is 25.0 Å². The molecule has 1 fully saturated rings. The Kier molecular flexibility index (Phi) is 6.85. The van der Waals surface area contributed by atoms with Crippen molar-refractivity contribution in [3.05, 3.63) is 47.7 Å². The number of benzene rings is 1. The SMILES string of the molecule is Cc1ccc(S(=O)(=O)N2CCCCC2)cc1NC(=O)c1ccc(OCC(F)(F)F)nc1. The van der Waals surface area contributed by atoms with Crippen molar-refractivity contribution >= 4 is 21.6 Å². The number of carbonyl (C=O) groups excluding carboxylic acids is 1. The topological polar surface area (TPSA) is 88.6 Å². The molecule has 2 aromatic rings. The van der Waals surface area contributed by atoms with E-state index in [1.54, 1.807) is 13.0 Å². The van der Waals surface area contributed by atoms with Gasteiger partial charge in [-0.15, -0.1) is 0 Å². The molecule has 11 heteroatoms. The number of alkyl halides is 3. The summed E-state index contributed by atoms with van der Waals surface area (Å²) in [5.74, 6) is -0.842. The van der Waals surface area contributed by atoms with Gasteiger partial charge in [0.1, 0.15) is 0 Å². The minimum atomic E-state index is -4.49. The molecule has 31 heavy (non-hydrogen) atoms. The third kappa shape index (κ3) is 5.95. The molecular weight excluding hydrogens is 435 g/mol. The van der Waals surface area contributed by atoms with E-state index < -0.39 is 28.7 Å². The highest BCUT2D eigenvalue weighted by molar-refractivity contribution is 7.89. The predicted molar refractivity (Wildman–Crippen MR) is 108 cm³/mol. The summed E-state index contributed by atoms with van der Waals surface area (Å²) < 4.78 is 68.3. The lowest BCUT2D eigenvalue weighted by molar-refractivity contribution is -0.154. The molecule has 168 valence electrons. The Morgan fingerprint density at radius 1 is 1.16 bits per heavy atom. The summed E-state index contributed by atoms with van der Waals surface area (Å²) >= 11 is 0. The molecule has 1 saturated heterocycles. The molecular formula is C20H22F3N3O4S. The van der Waals surface area contributed by atoms with E-state index in [9.17, 15) is 26.4 Å². The lowest BCUT2D eigenvalue weighted by atomic mass is 10.2. The molecule has 2 heterocycles. The lowest BCUT2D eigenvalue weighted by Gasteiger charge is -2.26. The normalized spacial score (nSPS) is 15.5.